The van der Waals surface area contributed by atoms with Gasteiger partial charge >= 0.3 is 0 Å². The normalized spacial score (nSPS) is 11.0. The average molecular weight is 435 g/mol. The van der Waals surface area contributed by atoms with E-state index in [0.717, 1.165) is 28.0 Å². The number of aromatic nitrogens is 1. The highest BCUT2D eigenvalue weighted by Crippen LogP contribution is 2.21. The van der Waals surface area contributed by atoms with E-state index in [2.05, 4.69) is 22.1 Å². The van der Waals surface area contributed by atoms with Crippen molar-refractivity contribution >= 4 is 11.6 Å². The molecule has 1 aromatic heterocycles. The summed E-state index contributed by atoms with van der Waals surface area (Å²) in [6.07, 6.45) is 1.82. The largest absolute Gasteiger partial charge is 0.492 e. The molecule has 3 rings (SSSR count). The van der Waals surface area contributed by atoms with E-state index >= 15 is 0 Å². The van der Waals surface area contributed by atoms with Crippen LogP contribution in [0.2, 0.25) is 5.02 Å². The number of nitrogens with zero attached hydrogens (tertiary/aromatic N) is 1. The summed E-state index contributed by atoms with van der Waals surface area (Å²) >= 11 is 5.95. The van der Waals surface area contributed by atoms with Crippen molar-refractivity contribution in [2.75, 3.05) is 19.8 Å². The number of aliphatic hydroxyl groups excluding tert-OH is 1. The van der Waals surface area contributed by atoms with Gasteiger partial charge in [0.1, 0.15) is 18.1 Å². The Balaban J connectivity index is 1.59. The van der Waals surface area contributed by atoms with Gasteiger partial charge in [-0.15, -0.1) is 0 Å². The second kappa shape index (κ2) is 10.5. The monoisotopic (exact) mass is 434 g/mol. The average Bonchev–Trinajstić information content (AvgIpc) is 2.77. The fraction of sp³-hybridized carbons (Fsp3) is 0.269. The Morgan fingerprint density at radius 3 is 2.42 bits per heavy atom. The van der Waals surface area contributed by atoms with Crippen LogP contribution in [-0.4, -0.2) is 35.4 Å². The third-order valence-electron chi connectivity index (χ3n) is 4.81. The van der Waals surface area contributed by atoms with Crippen molar-refractivity contribution in [3.63, 3.8) is 0 Å². The van der Waals surface area contributed by atoms with Crippen LogP contribution in [-0.2, 0) is 0 Å². The Labute approximate surface area is 189 Å². The standard InChI is InChI=1S/C26H27ClN2O2/c1-19-16-20(5-13-25(19)31-15-14-29-26(2,3)18-30)4-11-24-12-8-22(17-28-24)21-6-9-23(27)10-7-21/h5-10,12-13,16-17,29-30H,14-15,18H2,1-3H3. The highest BCUT2D eigenvalue weighted by molar-refractivity contribution is 6.30. The number of pyridine rings is 1. The van der Waals surface area contributed by atoms with Gasteiger partial charge in [0.2, 0.25) is 0 Å². The van der Waals surface area contributed by atoms with Crippen LogP contribution in [0.15, 0.2) is 60.8 Å². The van der Waals surface area contributed by atoms with Crippen LogP contribution in [0, 0.1) is 18.8 Å². The summed E-state index contributed by atoms with van der Waals surface area (Å²) < 4.78 is 5.84. The summed E-state index contributed by atoms with van der Waals surface area (Å²) in [7, 11) is 0. The van der Waals surface area contributed by atoms with Gasteiger partial charge in [0.05, 0.1) is 6.61 Å². The molecule has 31 heavy (non-hydrogen) atoms. The van der Waals surface area contributed by atoms with Crippen LogP contribution in [0.25, 0.3) is 11.1 Å². The molecule has 3 aromatic rings. The Kier molecular flexibility index (Phi) is 7.70. The first-order valence-electron chi connectivity index (χ1n) is 10.2. The van der Waals surface area contributed by atoms with Gasteiger partial charge in [0.25, 0.3) is 0 Å². The van der Waals surface area contributed by atoms with E-state index in [1.807, 2.05) is 81.6 Å². The molecular weight excluding hydrogens is 408 g/mol. The summed E-state index contributed by atoms with van der Waals surface area (Å²) in [5, 5.41) is 13.2. The minimum atomic E-state index is -0.307. The van der Waals surface area contributed by atoms with Crippen molar-refractivity contribution in [1.82, 2.24) is 10.3 Å². The number of aryl methyl sites for hydroxylation is 1. The van der Waals surface area contributed by atoms with Crippen molar-refractivity contribution in [3.05, 3.63) is 82.6 Å². The molecule has 0 bridgehead atoms. The molecule has 0 aliphatic rings. The Morgan fingerprint density at radius 1 is 1.03 bits per heavy atom. The van der Waals surface area contributed by atoms with E-state index < -0.39 is 0 Å². The molecule has 0 saturated heterocycles. The van der Waals surface area contributed by atoms with Gasteiger partial charge in [-0.3, -0.25) is 0 Å². The zero-order valence-corrected chi connectivity index (χ0v) is 18.8. The molecule has 0 spiro atoms. The highest BCUT2D eigenvalue weighted by Gasteiger charge is 2.14. The molecule has 0 aliphatic heterocycles. The third-order valence-corrected chi connectivity index (χ3v) is 5.06. The number of rotatable bonds is 7. The predicted molar refractivity (Wildman–Crippen MR) is 127 cm³/mol. The number of benzene rings is 2. The van der Waals surface area contributed by atoms with E-state index in [1.54, 1.807) is 0 Å². The van der Waals surface area contributed by atoms with E-state index in [-0.39, 0.29) is 12.1 Å². The maximum Gasteiger partial charge on any atom is 0.122 e. The Morgan fingerprint density at radius 2 is 1.77 bits per heavy atom. The first-order valence-corrected chi connectivity index (χ1v) is 10.6. The van der Waals surface area contributed by atoms with Crippen LogP contribution in [0.4, 0.5) is 0 Å². The molecule has 0 radical (unpaired) electrons. The summed E-state index contributed by atoms with van der Waals surface area (Å²) in [4.78, 5) is 4.45. The van der Waals surface area contributed by atoms with Crippen LogP contribution in [0.1, 0.15) is 30.7 Å². The van der Waals surface area contributed by atoms with Gasteiger partial charge in [-0.05, 0) is 74.2 Å². The molecule has 2 aromatic carbocycles. The number of hydrogen-bond donors (Lipinski definition) is 2. The third kappa shape index (κ3) is 6.83. The second-order valence-corrected chi connectivity index (χ2v) is 8.42. The number of nitrogens with one attached hydrogen (secondary N) is 1. The number of aliphatic hydroxyl groups is 1. The lowest BCUT2D eigenvalue weighted by Crippen LogP contribution is -2.44. The zero-order chi connectivity index (χ0) is 22.3. The molecule has 0 fully saturated rings. The maximum atomic E-state index is 9.27. The van der Waals surface area contributed by atoms with Gasteiger partial charge < -0.3 is 15.2 Å². The molecule has 160 valence electrons. The lowest BCUT2D eigenvalue weighted by atomic mass is 10.1. The van der Waals surface area contributed by atoms with E-state index in [1.165, 1.54) is 0 Å². The van der Waals surface area contributed by atoms with Crippen LogP contribution < -0.4 is 10.1 Å². The van der Waals surface area contributed by atoms with Crippen molar-refractivity contribution in [1.29, 1.82) is 0 Å². The first kappa shape index (κ1) is 22.8. The molecule has 2 N–H and O–H groups in total. The summed E-state index contributed by atoms with van der Waals surface area (Å²) in [6, 6.07) is 17.5. The second-order valence-electron chi connectivity index (χ2n) is 7.99. The smallest absolute Gasteiger partial charge is 0.122 e. The van der Waals surface area contributed by atoms with Gasteiger partial charge in [0.15, 0.2) is 0 Å². The fourth-order valence-electron chi connectivity index (χ4n) is 2.91. The molecule has 1 heterocycles. The molecule has 5 heteroatoms. The van der Waals surface area contributed by atoms with E-state index in [9.17, 15) is 5.11 Å². The Bertz CT molecular complexity index is 1070. The summed E-state index contributed by atoms with van der Waals surface area (Å²) in [6.45, 7) is 7.17. The number of hydrogen-bond acceptors (Lipinski definition) is 4. The quantitative estimate of drug-likeness (QED) is 0.412. The molecule has 0 amide bonds. The lowest BCUT2D eigenvalue weighted by molar-refractivity contribution is 0.180. The van der Waals surface area contributed by atoms with Crippen molar-refractivity contribution in [2.24, 2.45) is 0 Å². The molecule has 0 saturated carbocycles. The molecular formula is C26H27ClN2O2. The summed E-state index contributed by atoms with van der Waals surface area (Å²) in [5.41, 5.74) is 4.44. The fourth-order valence-corrected chi connectivity index (χ4v) is 3.04. The van der Waals surface area contributed by atoms with Crippen LogP contribution in [0.3, 0.4) is 0 Å². The van der Waals surface area contributed by atoms with Crippen LogP contribution in [0.5, 0.6) is 5.75 Å². The van der Waals surface area contributed by atoms with Gasteiger partial charge in [-0.25, -0.2) is 4.98 Å². The van der Waals surface area contributed by atoms with Crippen molar-refractivity contribution in [3.8, 4) is 28.7 Å². The van der Waals surface area contributed by atoms with Crippen molar-refractivity contribution < 1.29 is 9.84 Å². The van der Waals surface area contributed by atoms with Gasteiger partial charge in [-0.2, -0.15) is 0 Å². The SMILES string of the molecule is Cc1cc(C#Cc2ccc(-c3ccc(Cl)cc3)cn2)ccc1OCCNC(C)(C)CO. The maximum absolute atomic E-state index is 9.27. The zero-order valence-electron chi connectivity index (χ0n) is 18.1. The number of halogens is 1. The topological polar surface area (TPSA) is 54.4 Å². The minimum Gasteiger partial charge on any atom is -0.492 e. The van der Waals surface area contributed by atoms with E-state index in [0.29, 0.717) is 23.9 Å². The van der Waals surface area contributed by atoms with E-state index in [4.69, 9.17) is 16.3 Å². The lowest BCUT2D eigenvalue weighted by Gasteiger charge is -2.23. The van der Waals surface area contributed by atoms with Crippen molar-refractivity contribution in [2.45, 2.75) is 26.3 Å². The molecule has 0 aliphatic carbocycles. The molecule has 4 nitrogen and oxygen atoms in total. The first-order chi connectivity index (χ1) is 14.9. The highest BCUT2D eigenvalue weighted by atomic mass is 35.5. The predicted octanol–water partition coefficient (Wildman–Crippen LogP) is 4.85. The number of ether oxygens (including phenoxy) is 1. The Hall–Kier alpha value is -2.84. The van der Waals surface area contributed by atoms with Crippen LogP contribution >= 0.6 is 11.6 Å². The van der Waals surface area contributed by atoms with Gasteiger partial charge in [0, 0.05) is 34.4 Å². The summed E-state index contributed by atoms with van der Waals surface area (Å²) in [5.74, 6) is 7.11. The van der Waals surface area contributed by atoms with Gasteiger partial charge in [-0.1, -0.05) is 35.7 Å². The minimum absolute atomic E-state index is 0.0815. The molecule has 0 unspecified atom stereocenters. The molecule has 0 atom stereocenters.